The van der Waals surface area contributed by atoms with Gasteiger partial charge in [-0.05, 0) is 36.6 Å². The second-order valence-corrected chi connectivity index (χ2v) is 6.83. The maximum Gasteiger partial charge on any atom is 0.271 e. The fraction of sp³-hybridized carbons (Fsp3) is 0.227. The smallest absolute Gasteiger partial charge is 0.271 e. The van der Waals surface area contributed by atoms with Gasteiger partial charge in [-0.25, -0.2) is 9.97 Å². The minimum atomic E-state index is -0.223. The van der Waals surface area contributed by atoms with Crippen LogP contribution in [-0.2, 0) is 13.0 Å². The van der Waals surface area contributed by atoms with Gasteiger partial charge in [0.1, 0.15) is 11.5 Å². The topological polar surface area (TPSA) is 58.1 Å². The predicted octanol–water partition coefficient (Wildman–Crippen LogP) is 4.13. The van der Waals surface area contributed by atoms with Crippen LogP contribution in [0, 0.1) is 0 Å². The Morgan fingerprint density at radius 1 is 1.00 bits per heavy atom. The lowest BCUT2D eigenvalue weighted by atomic mass is 10.1. The SMILES string of the molecule is CCN(Cc1ccccc1)c1cnc(C(=O)NCCc2ccc(Cl)cc2)cn1. The molecule has 1 aromatic heterocycles. The zero-order valence-corrected chi connectivity index (χ0v) is 16.6. The van der Waals surface area contributed by atoms with Crippen molar-refractivity contribution < 1.29 is 4.79 Å². The minimum Gasteiger partial charge on any atom is -0.351 e. The van der Waals surface area contributed by atoms with Gasteiger partial charge in [-0.1, -0.05) is 54.1 Å². The maximum atomic E-state index is 12.3. The van der Waals surface area contributed by atoms with E-state index >= 15 is 0 Å². The van der Waals surface area contributed by atoms with Gasteiger partial charge < -0.3 is 10.2 Å². The van der Waals surface area contributed by atoms with Gasteiger partial charge in [-0.2, -0.15) is 0 Å². The lowest BCUT2D eigenvalue weighted by molar-refractivity contribution is 0.0949. The van der Waals surface area contributed by atoms with E-state index in [1.807, 2.05) is 42.5 Å². The molecule has 0 bridgehead atoms. The molecule has 0 aliphatic carbocycles. The van der Waals surface area contributed by atoms with Crippen molar-refractivity contribution in [3.8, 4) is 0 Å². The van der Waals surface area contributed by atoms with Crippen LogP contribution in [0.4, 0.5) is 5.82 Å². The van der Waals surface area contributed by atoms with Gasteiger partial charge in [0.25, 0.3) is 5.91 Å². The van der Waals surface area contributed by atoms with Gasteiger partial charge in [-0.15, -0.1) is 0 Å². The van der Waals surface area contributed by atoms with Crippen molar-refractivity contribution in [2.45, 2.75) is 19.9 Å². The van der Waals surface area contributed by atoms with E-state index < -0.39 is 0 Å². The minimum absolute atomic E-state index is 0.223. The van der Waals surface area contributed by atoms with Gasteiger partial charge in [-0.3, -0.25) is 4.79 Å². The van der Waals surface area contributed by atoms with Crippen molar-refractivity contribution in [2.75, 3.05) is 18.0 Å². The second-order valence-electron chi connectivity index (χ2n) is 6.39. The molecule has 0 spiro atoms. The Bertz CT molecular complexity index is 883. The number of nitrogens with one attached hydrogen (secondary N) is 1. The Hall–Kier alpha value is -2.92. The first-order valence-corrected chi connectivity index (χ1v) is 9.67. The van der Waals surface area contributed by atoms with Crippen LogP contribution >= 0.6 is 11.6 Å². The number of amides is 1. The second kappa shape index (κ2) is 9.85. The highest BCUT2D eigenvalue weighted by Crippen LogP contribution is 2.13. The van der Waals surface area contributed by atoms with Crippen LogP contribution in [0.25, 0.3) is 0 Å². The monoisotopic (exact) mass is 394 g/mol. The predicted molar refractivity (Wildman–Crippen MR) is 113 cm³/mol. The third-order valence-corrected chi connectivity index (χ3v) is 4.66. The number of hydrogen-bond acceptors (Lipinski definition) is 4. The summed E-state index contributed by atoms with van der Waals surface area (Å²) in [5.41, 5.74) is 2.64. The summed E-state index contributed by atoms with van der Waals surface area (Å²) in [4.78, 5) is 23.1. The lowest BCUT2D eigenvalue weighted by Gasteiger charge is -2.21. The van der Waals surface area contributed by atoms with E-state index in [2.05, 4.69) is 39.2 Å². The van der Waals surface area contributed by atoms with Crippen LogP contribution in [0.1, 0.15) is 28.5 Å². The van der Waals surface area contributed by atoms with Crippen molar-refractivity contribution in [1.82, 2.24) is 15.3 Å². The molecule has 0 aliphatic rings. The highest BCUT2D eigenvalue weighted by molar-refractivity contribution is 6.30. The summed E-state index contributed by atoms with van der Waals surface area (Å²) in [6, 6.07) is 17.8. The van der Waals surface area contributed by atoms with E-state index in [0.717, 1.165) is 30.9 Å². The Morgan fingerprint density at radius 2 is 1.75 bits per heavy atom. The number of benzene rings is 2. The summed E-state index contributed by atoms with van der Waals surface area (Å²) in [5, 5.41) is 3.58. The van der Waals surface area contributed by atoms with Gasteiger partial charge >= 0.3 is 0 Å². The number of anilines is 1. The average molecular weight is 395 g/mol. The number of halogens is 1. The number of rotatable bonds is 8. The first-order chi connectivity index (χ1) is 13.7. The number of hydrogen-bond donors (Lipinski definition) is 1. The maximum absolute atomic E-state index is 12.3. The average Bonchev–Trinajstić information content (AvgIpc) is 2.74. The van der Waals surface area contributed by atoms with Crippen molar-refractivity contribution >= 4 is 23.3 Å². The van der Waals surface area contributed by atoms with Crippen LogP contribution in [0.3, 0.4) is 0 Å². The molecule has 144 valence electrons. The quantitative estimate of drug-likeness (QED) is 0.624. The third kappa shape index (κ3) is 5.54. The van der Waals surface area contributed by atoms with Crippen molar-refractivity contribution in [3.05, 3.63) is 88.8 Å². The Morgan fingerprint density at radius 3 is 2.39 bits per heavy atom. The molecule has 6 heteroatoms. The van der Waals surface area contributed by atoms with Crippen LogP contribution < -0.4 is 10.2 Å². The molecule has 0 unspecified atom stereocenters. The van der Waals surface area contributed by atoms with Gasteiger partial charge in [0.15, 0.2) is 0 Å². The molecule has 0 radical (unpaired) electrons. The van der Waals surface area contributed by atoms with Crippen LogP contribution in [0.15, 0.2) is 67.0 Å². The van der Waals surface area contributed by atoms with E-state index in [4.69, 9.17) is 11.6 Å². The first kappa shape index (κ1) is 19.8. The van der Waals surface area contributed by atoms with Crippen LogP contribution in [0.2, 0.25) is 5.02 Å². The molecule has 1 amide bonds. The summed E-state index contributed by atoms with van der Waals surface area (Å²) >= 11 is 5.88. The van der Waals surface area contributed by atoms with E-state index in [1.165, 1.54) is 11.8 Å². The number of carbonyl (C=O) groups is 1. The largest absolute Gasteiger partial charge is 0.351 e. The molecule has 1 N–H and O–H groups in total. The summed E-state index contributed by atoms with van der Waals surface area (Å²) in [6.45, 7) is 4.15. The van der Waals surface area contributed by atoms with Crippen molar-refractivity contribution in [2.24, 2.45) is 0 Å². The Kier molecular flexibility index (Phi) is 6.98. The standard InChI is InChI=1S/C22H23ClN4O/c1-2-27(16-18-6-4-3-5-7-18)21-15-25-20(14-26-21)22(28)24-13-12-17-8-10-19(23)11-9-17/h3-11,14-15H,2,12-13,16H2,1H3,(H,24,28). The number of nitrogens with zero attached hydrogens (tertiary/aromatic N) is 3. The molecule has 0 fully saturated rings. The van der Waals surface area contributed by atoms with Gasteiger partial charge in [0.2, 0.25) is 0 Å². The van der Waals surface area contributed by atoms with E-state index in [0.29, 0.717) is 17.3 Å². The normalized spacial score (nSPS) is 10.5. The highest BCUT2D eigenvalue weighted by Gasteiger charge is 2.11. The third-order valence-electron chi connectivity index (χ3n) is 4.41. The molecule has 0 aliphatic heterocycles. The van der Waals surface area contributed by atoms with E-state index in [9.17, 15) is 4.79 Å². The van der Waals surface area contributed by atoms with Crippen LogP contribution in [-0.4, -0.2) is 29.0 Å². The molecular weight excluding hydrogens is 372 g/mol. The molecular formula is C22H23ClN4O. The molecule has 3 rings (SSSR count). The molecule has 0 saturated heterocycles. The van der Waals surface area contributed by atoms with Gasteiger partial charge in [0, 0.05) is 24.7 Å². The zero-order chi connectivity index (χ0) is 19.8. The molecule has 2 aromatic carbocycles. The first-order valence-electron chi connectivity index (χ1n) is 9.29. The van der Waals surface area contributed by atoms with Crippen molar-refractivity contribution in [3.63, 3.8) is 0 Å². The molecule has 28 heavy (non-hydrogen) atoms. The fourth-order valence-electron chi connectivity index (χ4n) is 2.82. The molecule has 1 heterocycles. The molecule has 0 saturated carbocycles. The zero-order valence-electron chi connectivity index (χ0n) is 15.8. The molecule has 0 atom stereocenters. The molecule has 3 aromatic rings. The Balaban J connectivity index is 1.55. The molecule has 5 nitrogen and oxygen atoms in total. The summed E-state index contributed by atoms with van der Waals surface area (Å²) < 4.78 is 0. The number of aromatic nitrogens is 2. The van der Waals surface area contributed by atoms with Crippen molar-refractivity contribution in [1.29, 1.82) is 0 Å². The van der Waals surface area contributed by atoms with E-state index in [-0.39, 0.29) is 5.91 Å². The highest BCUT2D eigenvalue weighted by atomic mass is 35.5. The van der Waals surface area contributed by atoms with E-state index in [1.54, 1.807) is 6.20 Å². The van der Waals surface area contributed by atoms with Crippen LogP contribution in [0.5, 0.6) is 0 Å². The van der Waals surface area contributed by atoms with Gasteiger partial charge in [0.05, 0.1) is 12.4 Å². The summed E-state index contributed by atoms with van der Waals surface area (Å²) in [6.07, 6.45) is 3.91. The lowest BCUT2D eigenvalue weighted by Crippen LogP contribution is -2.27. The fourth-order valence-corrected chi connectivity index (χ4v) is 2.95. The summed E-state index contributed by atoms with van der Waals surface area (Å²) in [7, 11) is 0. The Labute approximate surface area is 170 Å². The number of carbonyl (C=O) groups excluding carboxylic acids is 1. The summed E-state index contributed by atoms with van der Waals surface area (Å²) in [5.74, 6) is 0.531.